The van der Waals surface area contributed by atoms with Gasteiger partial charge in [-0.25, -0.2) is 4.98 Å². The number of aliphatic hydroxyl groups excluding tert-OH is 1. The van der Waals surface area contributed by atoms with Gasteiger partial charge in [-0.1, -0.05) is 0 Å². The third-order valence-electron chi connectivity index (χ3n) is 3.71. The molecular formula is C14H13F3N2O3. The molecule has 1 aromatic rings. The van der Waals surface area contributed by atoms with Gasteiger partial charge < -0.3 is 15.6 Å². The maximum Gasteiger partial charge on any atom is 0.399 e. The van der Waals surface area contributed by atoms with E-state index in [4.69, 9.17) is 22.0 Å². The van der Waals surface area contributed by atoms with E-state index in [1.54, 1.807) is 0 Å². The van der Waals surface area contributed by atoms with Crippen LogP contribution in [0, 0.1) is 12.3 Å². The topological polar surface area (TPSA) is 85.4 Å². The molecule has 0 spiro atoms. The van der Waals surface area contributed by atoms with Gasteiger partial charge in [0.25, 0.3) is 0 Å². The van der Waals surface area contributed by atoms with Gasteiger partial charge in [-0.3, -0.25) is 4.79 Å². The van der Waals surface area contributed by atoms with Crippen LogP contribution < -0.4 is 10.5 Å². The van der Waals surface area contributed by atoms with Crippen molar-refractivity contribution >= 4 is 5.91 Å². The Labute approximate surface area is 124 Å². The van der Waals surface area contributed by atoms with Crippen LogP contribution in [0.2, 0.25) is 0 Å². The van der Waals surface area contributed by atoms with Crippen molar-refractivity contribution in [2.75, 3.05) is 13.2 Å². The lowest BCUT2D eigenvalue weighted by Crippen LogP contribution is -2.40. The largest absolute Gasteiger partial charge is 0.489 e. The summed E-state index contributed by atoms with van der Waals surface area (Å²) in [6, 6.07) is 1.07. The van der Waals surface area contributed by atoms with E-state index in [9.17, 15) is 18.0 Å². The number of carbonyl (C=O) groups is 1. The zero-order valence-corrected chi connectivity index (χ0v) is 11.6. The number of aromatic nitrogens is 1. The standard InChI is InChI=1S/C14H13F3N2O3/c1-3-9-11-7(13(2,6-22-11)12(18)21)4-10(19-9)8(5-20)14(15,16)17/h1,4,8,20H,5-6H2,2H3,(H2,18,21)/t8-,13-/m0/s1. The van der Waals surface area contributed by atoms with E-state index in [1.807, 2.05) is 0 Å². The molecule has 0 aliphatic carbocycles. The summed E-state index contributed by atoms with van der Waals surface area (Å²) in [4.78, 5) is 15.4. The van der Waals surface area contributed by atoms with Gasteiger partial charge in [-0.2, -0.15) is 13.2 Å². The second-order valence-corrected chi connectivity index (χ2v) is 5.18. The summed E-state index contributed by atoms with van der Waals surface area (Å²) in [5, 5.41) is 9.03. The van der Waals surface area contributed by atoms with Crippen LogP contribution in [0.3, 0.4) is 0 Å². The van der Waals surface area contributed by atoms with Gasteiger partial charge in [0.15, 0.2) is 11.4 Å². The third kappa shape index (κ3) is 2.37. The molecule has 8 heteroatoms. The quantitative estimate of drug-likeness (QED) is 0.810. The lowest BCUT2D eigenvalue weighted by molar-refractivity contribution is -0.159. The molecule has 0 fully saturated rings. The van der Waals surface area contributed by atoms with E-state index in [-0.39, 0.29) is 23.6 Å². The first-order valence-corrected chi connectivity index (χ1v) is 6.27. The van der Waals surface area contributed by atoms with Crippen molar-refractivity contribution in [3.8, 4) is 18.1 Å². The monoisotopic (exact) mass is 314 g/mol. The molecule has 22 heavy (non-hydrogen) atoms. The predicted octanol–water partition coefficient (Wildman–Crippen LogP) is 0.837. The highest BCUT2D eigenvalue weighted by molar-refractivity contribution is 5.88. The summed E-state index contributed by atoms with van der Waals surface area (Å²) in [5.74, 6) is -0.744. The number of rotatable bonds is 3. The first-order valence-electron chi connectivity index (χ1n) is 6.27. The summed E-state index contributed by atoms with van der Waals surface area (Å²) in [5.41, 5.74) is 3.55. The number of aliphatic hydroxyl groups is 1. The van der Waals surface area contributed by atoms with Crippen molar-refractivity contribution < 1.29 is 27.8 Å². The fraction of sp³-hybridized carbons (Fsp3) is 0.429. The molecule has 2 heterocycles. The normalized spacial score (nSPS) is 21.6. The maximum atomic E-state index is 13.0. The fourth-order valence-corrected chi connectivity index (χ4v) is 2.25. The summed E-state index contributed by atoms with van der Waals surface area (Å²) < 4.78 is 44.2. The number of nitrogens with two attached hydrogens (primary N) is 1. The van der Waals surface area contributed by atoms with Crippen molar-refractivity contribution in [3.05, 3.63) is 23.0 Å². The van der Waals surface area contributed by atoms with Gasteiger partial charge >= 0.3 is 6.18 Å². The van der Waals surface area contributed by atoms with Crippen molar-refractivity contribution in [2.24, 2.45) is 5.73 Å². The number of pyridine rings is 1. The van der Waals surface area contributed by atoms with E-state index in [2.05, 4.69) is 10.9 Å². The van der Waals surface area contributed by atoms with Crippen LogP contribution in [0.5, 0.6) is 5.75 Å². The zero-order valence-electron chi connectivity index (χ0n) is 11.6. The molecule has 118 valence electrons. The van der Waals surface area contributed by atoms with Crippen LogP contribution in [0.25, 0.3) is 0 Å². The van der Waals surface area contributed by atoms with Gasteiger partial charge in [0.2, 0.25) is 5.91 Å². The number of carbonyl (C=O) groups excluding carboxylic acids is 1. The maximum absolute atomic E-state index is 13.0. The molecule has 1 aliphatic heterocycles. The smallest absolute Gasteiger partial charge is 0.399 e. The molecule has 1 amide bonds. The number of halogens is 3. The summed E-state index contributed by atoms with van der Waals surface area (Å²) >= 11 is 0. The predicted molar refractivity (Wildman–Crippen MR) is 70.1 cm³/mol. The molecule has 0 aromatic carbocycles. The van der Waals surface area contributed by atoms with Crippen molar-refractivity contribution in [2.45, 2.75) is 24.4 Å². The molecule has 0 bridgehead atoms. The number of terminal acetylenes is 1. The Morgan fingerprint density at radius 2 is 2.32 bits per heavy atom. The minimum absolute atomic E-state index is 0.0754. The van der Waals surface area contributed by atoms with Crippen LogP contribution in [-0.2, 0) is 10.2 Å². The number of nitrogens with zero attached hydrogens (tertiary/aromatic N) is 1. The highest BCUT2D eigenvalue weighted by Crippen LogP contribution is 2.43. The molecule has 5 nitrogen and oxygen atoms in total. The number of alkyl halides is 3. The SMILES string of the molecule is C#Cc1nc([C@H](CO)C(F)(F)F)cc2c1OC[C@]2(C)C(N)=O. The van der Waals surface area contributed by atoms with E-state index in [0.29, 0.717) is 0 Å². The summed E-state index contributed by atoms with van der Waals surface area (Å²) in [7, 11) is 0. The van der Waals surface area contributed by atoms with Crippen LogP contribution in [0.15, 0.2) is 6.07 Å². The van der Waals surface area contributed by atoms with Crippen LogP contribution in [0.4, 0.5) is 13.2 Å². The fourth-order valence-electron chi connectivity index (χ4n) is 2.25. The van der Waals surface area contributed by atoms with Crippen LogP contribution >= 0.6 is 0 Å². The van der Waals surface area contributed by atoms with E-state index < -0.39 is 35.7 Å². The molecular weight excluding hydrogens is 301 g/mol. The number of amides is 1. The third-order valence-corrected chi connectivity index (χ3v) is 3.71. The molecule has 3 N–H and O–H groups in total. The Bertz CT molecular complexity index is 667. The zero-order chi connectivity index (χ0) is 16.7. The van der Waals surface area contributed by atoms with Gasteiger partial charge in [0.1, 0.15) is 17.9 Å². The van der Waals surface area contributed by atoms with E-state index in [1.165, 1.54) is 6.92 Å². The Morgan fingerprint density at radius 1 is 1.68 bits per heavy atom. The lowest BCUT2D eigenvalue weighted by Gasteiger charge is -2.21. The molecule has 0 radical (unpaired) electrons. The van der Waals surface area contributed by atoms with Crippen molar-refractivity contribution in [1.82, 2.24) is 4.98 Å². The molecule has 1 aromatic heterocycles. The Hall–Kier alpha value is -2.27. The first-order chi connectivity index (χ1) is 10.1. The summed E-state index contributed by atoms with van der Waals surface area (Å²) in [6.45, 7) is 0.132. The highest BCUT2D eigenvalue weighted by Gasteiger charge is 2.46. The van der Waals surface area contributed by atoms with Crippen molar-refractivity contribution in [1.29, 1.82) is 0 Å². The Morgan fingerprint density at radius 3 is 2.77 bits per heavy atom. The van der Waals surface area contributed by atoms with E-state index >= 15 is 0 Å². The molecule has 0 saturated carbocycles. The van der Waals surface area contributed by atoms with Crippen molar-refractivity contribution in [3.63, 3.8) is 0 Å². The lowest BCUT2D eigenvalue weighted by atomic mass is 9.83. The molecule has 1 aliphatic rings. The average Bonchev–Trinajstić information content (AvgIpc) is 2.76. The minimum atomic E-state index is -4.70. The van der Waals surface area contributed by atoms with Gasteiger partial charge in [-0.15, -0.1) is 6.42 Å². The second-order valence-electron chi connectivity index (χ2n) is 5.18. The molecule has 2 rings (SSSR count). The highest BCUT2D eigenvalue weighted by atomic mass is 19.4. The van der Waals surface area contributed by atoms with Gasteiger partial charge in [0, 0.05) is 5.56 Å². The van der Waals surface area contributed by atoms with Gasteiger partial charge in [0.05, 0.1) is 12.3 Å². The average molecular weight is 314 g/mol. The number of hydrogen-bond acceptors (Lipinski definition) is 4. The minimum Gasteiger partial charge on any atom is -0.489 e. The number of hydrogen-bond donors (Lipinski definition) is 2. The molecule has 2 atom stereocenters. The van der Waals surface area contributed by atoms with Crippen LogP contribution in [0.1, 0.15) is 29.8 Å². The van der Waals surface area contributed by atoms with Crippen LogP contribution in [-0.4, -0.2) is 35.4 Å². The number of fused-ring (bicyclic) bond motifs is 1. The first kappa shape index (κ1) is 16.1. The number of ether oxygens (including phenoxy) is 1. The second kappa shape index (κ2) is 5.18. The van der Waals surface area contributed by atoms with E-state index in [0.717, 1.165) is 6.07 Å². The molecule has 0 saturated heterocycles. The molecule has 0 unspecified atom stereocenters. The van der Waals surface area contributed by atoms with Gasteiger partial charge in [-0.05, 0) is 18.9 Å². The Kier molecular flexibility index (Phi) is 3.79. The Balaban J connectivity index is 2.67. The summed E-state index contributed by atoms with van der Waals surface area (Å²) in [6.07, 6.45) is 0.551. The number of primary amides is 1.